The molecule has 1 aromatic carbocycles. The van der Waals surface area contributed by atoms with Crippen LogP contribution in [-0.4, -0.2) is 22.2 Å². The van der Waals surface area contributed by atoms with E-state index in [1.165, 1.54) is 16.9 Å². The van der Waals surface area contributed by atoms with E-state index in [9.17, 15) is 4.79 Å². The van der Waals surface area contributed by atoms with E-state index >= 15 is 0 Å². The minimum absolute atomic E-state index is 0.0318. The predicted octanol–water partition coefficient (Wildman–Crippen LogP) is 3.62. The maximum atomic E-state index is 12.2. The lowest BCUT2D eigenvalue weighted by Crippen LogP contribution is -2.24. The fourth-order valence-electron chi connectivity index (χ4n) is 2.24. The van der Waals surface area contributed by atoms with Crippen LogP contribution in [0.1, 0.15) is 20.8 Å². The Bertz CT molecular complexity index is 782. The summed E-state index contributed by atoms with van der Waals surface area (Å²) in [5.41, 5.74) is 2.26. The maximum absolute atomic E-state index is 12.2. The van der Waals surface area contributed by atoms with Gasteiger partial charge in [0.2, 0.25) is 0 Å². The number of thiophene rings is 1. The van der Waals surface area contributed by atoms with Gasteiger partial charge in [0.25, 0.3) is 5.91 Å². The third-order valence-corrected chi connectivity index (χ3v) is 4.54. The summed E-state index contributed by atoms with van der Waals surface area (Å²) < 4.78 is 1.75. The molecule has 0 unspecified atom stereocenters. The summed E-state index contributed by atoms with van der Waals surface area (Å²) >= 11 is 7.29. The van der Waals surface area contributed by atoms with Crippen LogP contribution in [0.3, 0.4) is 0 Å². The van der Waals surface area contributed by atoms with E-state index < -0.39 is 0 Å². The first kappa shape index (κ1) is 15.8. The molecule has 1 N–H and O–H groups in total. The first-order valence-corrected chi connectivity index (χ1v) is 8.54. The van der Waals surface area contributed by atoms with Gasteiger partial charge in [0.05, 0.1) is 22.6 Å². The molecule has 0 atom stereocenters. The van der Waals surface area contributed by atoms with Gasteiger partial charge in [-0.3, -0.25) is 9.48 Å². The number of amides is 1. The van der Waals surface area contributed by atoms with Crippen molar-refractivity contribution >= 4 is 28.8 Å². The van der Waals surface area contributed by atoms with Gasteiger partial charge in [0.1, 0.15) is 0 Å². The highest BCUT2D eigenvalue weighted by molar-refractivity contribution is 7.12. The number of aromatic nitrogens is 2. The van der Waals surface area contributed by atoms with E-state index in [0.717, 1.165) is 12.0 Å². The zero-order chi connectivity index (χ0) is 16.1. The molecule has 3 aromatic rings. The van der Waals surface area contributed by atoms with E-state index in [2.05, 4.69) is 22.5 Å². The normalized spacial score (nSPS) is 10.7. The minimum atomic E-state index is -0.0318. The van der Waals surface area contributed by atoms with E-state index in [0.29, 0.717) is 23.0 Å². The van der Waals surface area contributed by atoms with Crippen molar-refractivity contribution in [2.75, 3.05) is 6.54 Å². The van der Waals surface area contributed by atoms with Crippen LogP contribution in [0.5, 0.6) is 0 Å². The molecule has 0 fully saturated rings. The van der Waals surface area contributed by atoms with Gasteiger partial charge in [-0.25, -0.2) is 0 Å². The molecule has 3 rings (SSSR count). The Balaban J connectivity index is 1.52. The molecule has 23 heavy (non-hydrogen) atoms. The molecule has 0 radical (unpaired) electrons. The van der Waals surface area contributed by atoms with Gasteiger partial charge in [-0.1, -0.05) is 41.9 Å². The van der Waals surface area contributed by atoms with Gasteiger partial charge in [0.15, 0.2) is 0 Å². The Labute approximate surface area is 143 Å². The van der Waals surface area contributed by atoms with Crippen LogP contribution in [-0.2, 0) is 13.0 Å². The van der Waals surface area contributed by atoms with Crippen LogP contribution in [0, 0.1) is 0 Å². The lowest BCUT2D eigenvalue weighted by atomic mass is 10.1. The molecule has 0 spiro atoms. The Hall–Kier alpha value is -2.11. The number of carbonyl (C=O) groups is 1. The second kappa shape index (κ2) is 7.44. The third-order valence-electron chi connectivity index (χ3n) is 3.37. The molecule has 6 heteroatoms. The van der Waals surface area contributed by atoms with Gasteiger partial charge in [0, 0.05) is 12.7 Å². The molecular weight excluding hydrogens is 330 g/mol. The second-order valence-electron chi connectivity index (χ2n) is 5.17. The first-order valence-electron chi connectivity index (χ1n) is 7.28. The van der Waals surface area contributed by atoms with E-state index in [1.807, 2.05) is 29.6 Å². The lowest BCUT2D eigenvalue weighted by Gasteiger charge is -2.03. The maximum Gasteiger partial charge on any atom is 0.261 e. The Morgan fingerprint density at radius 3 is 2.83 bits per heavy atom. The monoisotopic (exact) mass is 345 g/mol. The number of carbonyl (C=O) groups excluding carboxylic acids is 1. The highest BCUT2D eigenvalue weighted by Gasteiger charge is 2.09. The SMILES string of the molecule is O=C(NCCc1ccccc1)c1cc(Cn2cc(Cl)cn2)cs1. The van der Waals surface area contributed by atoms with Crippen molar-refractivity contribution in [3.63, 3.8) is 0 Å². The van der Waals surface area contributed by atoms with Crippen LogP contribution in [0.15, 0.2) is 54.2 Å². The smallest absolute Gasteiger partial charge is 0.261 e. The Kier molecular flexibility index (Phi) is 5.10. The van der Waals surface area contributed by atoms with Gasteiger partial charge >= 0.3 is 0 Å². The zero-order valence-electron chi connectivity index (χ0n) is 12.4. The van der Waals surface area contributed by atoms with E-state index in [1.54, 1.807) is 17.1 Å². The van der Waals surface area contributed by atoms with Crippen LogP contribution in [0.25, 0.3) is 0 Å². The minimum Gasteiger partial charge on any atom is -0.351 e. The van der Waals surface area contributed by atoms with E-state index in [4.69, 9.17) is 11.6 Å². The molecule has 0 bridgehead atoms. The van der Waals surface area contributed by atoms with Crippen LogP contribution in [0.4, 0.5) is 0 Å². The summed E-state index contributed by atoms with van der Waals surface area (Å²) in [4.78, 5) is 12.9. The summed E-state index contributed by atoms with van der Waals surface area (Å²) in [6, 6.07) is 12.0. The molecule has 0 saturated heterocycles. The zero-order valence-corrected chi connectivity index (χ0v) is 14.0. The Morgan fingerprint density at radius 1 is 1.26 bits per heavy atom. The third kappa shape index (κ3) is 4.43. The molecule has 0 aliphatic rings. The highest BCUT2D eigenvalue weighted by Crippen LogP contribution is 2.16. The number of benzene rings is 1. The van der Waals surface area contributed by atoms with Crippen LogP contribution in [0.2, 0.25) is 5.02 Å². The molecule has 1 amide bonds. The molecule has 2 aromatic heterocycles. The van der Waals surface area contributed by atoms with Gasteiger partial charge < -0.3 is 5.32 Å². The number of nitrogens with zero attached hydrogens (tertiary/aromatic N) is 2. The van der Waals surface area contributed by atoms with Crippen molar-refractivity contribution in [3.05, 3.63) is 75.2 Å². The average Bonchev–Trinajstić information content (AvgIpc) is 3.18. The van der Waals surface area contributed by atoms with Crippen molar-refractivity contribution in [2.45, 2.75) is 13.0 Å². The number of rotatable bonds is 6. The predicted molar refractivity (Wildman–Crippen MR) is 93.1 cm³/mol. The summed E-state index contributed by atoms with van der Waals surface area (Å²) in [6.45, 7) is 1.24. The number of halogens is 1. The number of nitrogens with one attached hydrogen (secondary N) is 1. The fraction of sp³-hybridized carbons (Fsp3) is 0.176. The molecule has 0 saturated carbocycles. The summed E-state index contributed by atoms with van der Waals surface area (Å²) in [5.74, 6) is -0.0318. The largest absolute Gasteiger partial charge is 0.351 e. The molecule has 0 aliphatic heterocycles. The number of hydrogen-bond donors (Lipinski definition) is 1. The molecule has 0 aliphatic carbocycles. The topological polar surface area (TPSA) is 46.9 Å². The number of hydrogen-bond acceptors (Lipinski definition) is 3. The Morgan fingerprint density at radius 2 is 2.09 bits per heavy atom. The summed E-state index contributed by atoms with van der Waals surface area (Å²) in [7, 11) is 0. The molecule has 2 heterocycles. The van der Waals surface area contributed by atoms with Crippen LogP contribution < -0.4 is 5.32 Å². The van der Waals surface area contributed by atoms with Crippen molar-refractivity contribution in [1.82, 2.24) is 15.1 Å². The summed E-state index contributed by atoms with van der Waals surface area (Å²) in [6.07, 6.45) is 4.19. The molecule has 118 valence electrons. The second-order valence-corrected chi connectivity index (χ2v) is 6.51. The highest BCUT2D eigenvalue weighted by atomic mass is 35.5. The van der Waals surface area contributed by atoms with Crippen molar-refractivity contribution in [1.29, 1.82) is 0 Å². The summed E-state index contributed by atoms with van der Waals surface area (Å²) in [5, 5.41) is 9.68. The standard InChI is InChI=1S/C17H16ClN3OS/c18-15-9-20-21(11-15)10-14-8-16(23-12-14)17(22)19-7-6-13-4-2-1-3-5-13/h1-5,8-9,11-12H,6-7,10H2,(H,19,22). The van der Waals surface area contributed by atoms with Gasteiger partial charge in [-0.15, -0.1) is 11.3 Å². The van der Waals surface area contributed by atoms with E-state index in [-0.39, 0.29) is 5.91 Å². The van der Waals surface area contributed by atoms with Crippen LogP contribution >= 0.6 is 22.9 Å². The fourth-order valence-corrected chi connectivity index (χ4v) is 3.22. The van der Waals surface area contributed by atoms with Gasteiger partial charge in [-0.2, -0.15) is 5.10 Å². The first-order chi connectivity index (χ1) is 11.2. The lowest BCUT2D eigenvalue weighted by molar-refractivity contribution is 0.0958. The van der Waals surface area contributed by atoms with Crippen molar-refractivity contribution in [2.24, 2.45) is 0 Å². The molecular formula is C17H16ClN3OS. The van der Waals surface area contributed by atoms with Gasteiger partial charge in [-0.05, 0) is 29.0 Å². The average molecular weight is 346 g/mol. The van der Waals surface area contributed by atoms with Crippen molar-refractivity contribution < 1.29 is 4.79 Å². The van der Waals surface area contributed by atoms with Crippen molar-refractivity contribution in [3.8, 4) is 0 Å². The quantitative estimate of drug-likeness (QED) is 0.741. The molecule has 4 nitrogen and oxygen atoms in total.